The van der Waals surface area contributed by atoms with E-state index in [1.165, 1.54) is 38.3 Å². The van der Waals surface area contributed by atoms with Crippen molar-refractivity contribution in [3.8, 4) is 22.9 Å². The largest absolute Gasteiger partial charge is 0.497 e. The Labute approximate surface area is 172 Å². The number of hydrogen-bond acceptors (Lipinski definition) is 6. The molecule has 0 aliphatic carbocycles. The fourth-order valence-corrected chi connectivity index (χ4v) is 2.81. The normalized spacial score (nSPS) is 10.4. The van der Waals surface area contributed by atoms with Crippen LogP contribution in [0.3, 0.4) is 0 Å². The number of anilines is 1. The minimum atomic E-state index is -0.813. The monoisotopic (exact) mass is 411 g/mol. The van der Waals surface area contributed by atoms with Crippen LogP contribution in [0.4, 0.5) is 5.69 Å². The van der Waals surface area contributed by atoms with Gasteiger partial charge in [-0.2, -0.15) is 0 Å². The maximum Gasteiger partial charge on any atom is 0.320 e. The summed E-state index contributed by atoms with van der Waals surface area (Å²) in [4.78, 5) is 37.3. The van der Waals surface area contributed by atoms with Gasteiger partial charge in [-0.1, -0.05) is 0 Å². The molecule has 1 amide bonds. The number of ether oxygens (including phenoxy) is 3. The molecule has 9 heteroatoms. The number of carbonyl (C=O) groups is 1. The summed E-state index contributed by atoms with van der Waals surface area (Å²) in [6.07, 6.45) is 2.83. The minimum Gasteiger partial charge on any atom is -0.497 e. The van der Waals surface area contributed by atoms with E-state index in [2.05, 4.69) is 5.32 Å². The number of hydrogen-bond donors (Lipinski definition) is 1. The van der Waals surface area contributed by atoms with Crippen LogP contribution in [0.25, 0.3) is 5.69 Å². The highest BCUT2D eigenvalue weighted by molar-refractivity contribution is 5.91. The summed E-state index contributed by atoms with van der Waals surface area (Å²) in [6, 6.07) is 11.6. The number of aromatic nitrogens is 2. The maximum atomic E-state index is 12.5. The Bertz CT molecular complexity index is 1140. The van der Waals surface area contributed by atoms with Gasteiger partial charge in [0, 0.05) is 42.0 Å². The first kappa shape index (κ1) is 20.7. The van der Waals surface area contributed by atoms with Crippen LogP contribution in [0, 0.1) is 0 Å². The first-order valence-electron chi connectivity index (χ1n) is 8.94. The first-order valence-corrected chi connectivity index (χ1v) is 8.94. The summed E-state index contributed by atoms with van der Waals surface area (Å²) in [5, 5.41) is 2.66. The van der Waals surface area contributed by atoms with Crippen molar-refractivity contribution in [2.75, 3.05) is 26.6 Å². The summed E-state index contributed by atoms with van der Waals surface area (Å²) in [5.41, 5.74) is -0.626. The molecule has 30 heavy (non-hydrogen) atoms. The van der Waals surface area contributed by atoms with Crippen LogP contribution in [-0.2, 0) is 11.3 Å². The Kier molecular flexibility index (Phi) is 6.21. The second kappa shape index (κ2) is 8.99. The lowest BCUT2D eigenvalue weighted by atomic mass is 10.2. The zero-order chi connectivity index (χ0) is 21.7. The van der Waals surface area contributed by atoms with Crippen molar-refractivity contribution in [2.45, 2.75) is 6.54 Å². The smallest absolute Gasteiger partial charge is 0.320 e. The standard InChI is InChI=1S/C21H21N3O6/c1-28-16-6-4-15(5-7-16)24-9-8-23(20(26)21(24)27)13-19(25)22-14-10-17(29-2)12-18(11-14)30-3/h4-12H,13H2,1-3H3,(H,22,25). The Balaban J connectivity index is 1.80. The highest BCUT2D eigenvalue weighted by Gasteiger charge is 2.11. The topological polar surface area (TPSA) is 101 Å². The summed E-state index contributed by atoms with van der Waals surface area (Å²) in [7, 11) is 4.53. The van der Waals surface area contributed by atoms with E-state index in [1.54, 1.807) is 42.5 Å². The van der Waals surface area contributed by atoms with E-state index >= 15 is 0 Å². The molecule has 0 unspecified atom stereocenters. The van der Waals surface area contributed by atoms with E-state index < -0.39 is 17.0 Å². The van der Waals surface area contributed by atoms with Crippen LogP contribution >= 0.6 is 0 Å². The van der Waals surface area contributed by atoms with E-state index in [1.807, 2.05) is 0 Å². The second-order valence-electron chi connectivity index (χ2n) is 6.25. The molecule has 3 rings (SSSR count). The Morgan fingerprint density at radius 3 is 2.00 bits per heavy atom. The molecule has 1 aromatic heterocycles. The number of benzene rings is 2. The van der Waals surface area contributed by atoms with Crippen molar-refractivity contribution < 1.29 is 19.0 Å². The van der Waals surface area contributed by atoms with E-state index in [0.717, 1.165) is 4.57 Å². The van der Waals surface area contributed by atoms with Gasteiger partial charge in [0.25, 0.3) is 0 Å². The molecule has 0 aliphatic heterocycles. The highest BCUT2D eigenvalue weighted by atomic mass is 16.5. The third-order valence-corrected chi connectivity index (χ3v) is 4.36. The van der Waals surface area contributed by atoms with Crippen LogP contribution in [0.2, 0.25) is 0 Å². The molecule has 0 saturated carbocycles. The minimum absolute atomic E-state index is 0.322. The predicted molar refractivity (Wildman–Crippen MR) is 111 cm³/mol. The van der Waals surface area contributed by atoms with Crippen molar-refractivity contribution >= 4 is 11.6 Å². The lowest BCUT2D eigenvalue weighted by molar-refractivity contribution is -0.116. The third-order valence-electron chi connectivity index (χ3n) is 4.36. The lowest BCUT2D eigenvalue weighted by Gasteiger charge is -2.11. The van der Waals surface area contributed by atoms with Gasteiger partial charge in [-0.05, 0) is 24.3 Å². The van der Waals surface area contributed by atoms with Gasteiger partial charge in [0.2, 0.25) is 5.91 Å². The van der Waals surface area contributed by atoms with Gasteiger partial charge >= 0.3 is 11.1 Å². The van der Waals surface area contributed by atoms with Gasteiger partial charge in [0.15, 0.2) is 0 Å². The van der Waals surface area contributed by atoms with Crippen molar-refractivity contribution in [3.63, 3.8) is 0 Å². The number of amides is 1. The molecule has 0 radical (unpaired) electrons. The number of rotatable bonds is 7. The SMILES string of the molecule is COc1ccc(-n2ccn(CC(=O)Nc3cc(OC)cc(OC)c3)c(=O)c2=O)cc1. The molecule has 3 aromatic rings. The molecule has 156 valence electrons. The molecule has 0 fully saturated rings. The number of nitrogens with one attached hydrogen (secondary N) is 1. The van der Waals surface area contributed by atoms with Gasteiger partial charge in [0.1, 0.15) is 23.8 Å². The van der Waals surface area contributed by atoms with E-state index in [4.69, 9.17) is 14.2 Å². The first-order chi connectivity index (χ1) is 14.4. The van der Waals surface area contributed by atoms with Crippen LogP contribution < -0.4 is 30.6 Å². The van der Waals surface area contributed by atoms with Gasteiger partial charge in [-0.25, -0.2) is 0 Å². The predicted octanol–water partition coefficient (Wildman–Crippen LogP) is 1.66. The molecule has 1 heterocycles. The third kappa shape index (κ3) is 4.52. The molecular weight excluding hydrogens is 390 g/mol. The molecule has 2 aromatic carbocycles. The van der Waals surface area contributed by atoms with Gasteiger partial charge in [-0.15, -0.1) is 0 Å². The quantitative estimate of drug-likeness (QED) is 0.594. The van der Waals surface area contributed by atoms with E-state index in [0.29, 0.717) is 28.6 Å². The van der Waals surface area contributed by atoms with Crippen molar-refractivity contribution in [2.24, 2.45) is 0 Å². The molecule has 0 bridgehead atoms. The van der Waals surface area contributed by atoms with Crippen molar-refractivity contribution in [1.29, 1.82) is 0 Å². The summed E-state index contributed by atoms with van der Waals surface area (Å²) in [5.74, 6) is 1.16. The zero-order valence-electron chi connectivity index (χ0n) is 16.7. The molecule has 0 atom stereocenters. The molecule has 9 nitrogen and oxygen atoms in total. The van der Waals surface area contributed by atoms with Crippen LogP contribution in [0.1, 0.15) is 0 Å². The highest BCUT2D eigenvalue weighted by Crippen LogP contribution is 2.25. The van der Waals surface area contributed by atoms with Crippen LogP contribution in [0.5, 0.6) is 17.2 Å². The molecule has 0 spiro atoms. The van der Waals surface area contributed by atoms with Crippen LogP contribution in [-0.4, -0.2) is 36.4 Å². The summed E-state index contributed by atoms with van der Waals surface area (Å²) < 4.78 is 17.7. The van der Waals surface area contributed by atoms with Crippen molar-refractivity contribution in [1.82, 2.24) is 9.13 Å². The summed E-state index contributed by atoms with van der Waals surface area (Å²) >= 11 is 0. The summed E-state index contributed by atoms with van der Waals surface area (Å²) in [6.45, 7) is -0.322. The van der Waals surface area contributed by atoms with Crippen LogP contribution in [0.15, 0.2) is 64.4 Å². The van der Waals surface area contributed by atoms with Gasteiger partial charge < -0.3 is 19.5 Å². The Hall–Kier alpha value is -4.01. The Morgan fingerprint density at radius 1 is 0.833 bits per heavy atom. The second-order valence-corrected chi connectivity index (χ2v) is 6.25. The lowest BCUT2D eigenvalue weighted by Crippen LogP contribution is -2.41. The number of nitrogens with zero attached hydrogens (tertiary/aromatic N) is 2. The van der Waals surface area contributed by atoms with E-state index in [9.17, 15) is 14.4 Å². The van der Waals surface area contributed by atoms with Gasteiger partial charge in [-0.3, -0.25) is 23.5 Å². The average Bonchev–Trinajstić information content (AvgIpc) is 2.76. The molecule has 0 saturated heterocycles. The number of carbonyl (C=O) groups excluding carboxylic acids is 1. The molecule has 0 aliphatic rings. The van der Waals surface area contributed by atoms with Gasteiger partial charge in [0.05, 0.1) is 21.3 Å². The Morgan fingerprint density at radius 2 is 1.43 bits per heavy atom. The maximum absolute atomic E-state index is 12.5. The average molecular weight is 411 g/mol. The zero-order valence-corrected chi connectivity index (χ0v) is 16.7. The number of methoxy groups -OCH3 is 3. The fourth-order valence-electron chi connectivity index (χ4n) is 2.81. The molecule has 1 N–H and O–H groups in total. The fraction of sp³-hybridized carbons (Fsp3) is 0.190. The van der Waals surface area contributed by atoms with Crippen molar-refractivity contribution in [3.05, 3.63) is 75.6 Å². The van der Waals surface area contributed by atoms with E-state index in [-0.39, 0.29) is 6.54 Å². The molecular formula is C21H21N3O6.